The van der Waals surface area contributed by atoms with Crippen LogP contribution in [0.1, 0.15) is 32.6 Å². The molecule has 1 rings (SSSR count). The average molecular weight is 198 g/mol. The molecule has 3 nitrogen and oxygen atoms in total. The lowest BCUT2D eigenvalue weighted by Gasteiger charge is -2.24. The van der Waals surface area contributed by atoms with Crippen molar-refractivity contribution in [3.8, 4) is 0 Å². The first kappa shape index (κ1) is 11.3. The lowest BCUT2D eigenvalue weighted by molar-refractivity contribution is 0.172. The minimum absolute atomic E-state index is 0.168. The molecular weight excluding hydrogens is 176 g/mol. The monoisotopic (exact) mass is 198 g/mol. The molecule has 14 heavy (non-hydrogen) atoms. The van der Waals surface area contributed by atoms with Crippen LogP contribution in [0.3, 0.4) is 0 Å². The summed E-state index contributed by atoms with van der Waals surface area (Å²) in [6.45, 7) is 4.12. The number of rotatable bonds is 1. The summed E-state index contributed by atoms with van der Waals surface area (Å²) in [5.74, 6) is 0.829. The second-order valence-electron chi connectivity index (χ2n) is 4.37. The molecule has 1 unspecified atom stereocenters. The van der Waals surface area contributed by atoms with Crippen molar-refractivity contribution in [1.29, 1.82) is 0 Å². The van der Waals surface area contributed by atoms with E-state index in [-0.39, 0.29) is 6.03 Å². The standard InChI is InChI=1S/C11H22N2O/c1-4-10-6-5-8-13(9-7-10)11(14)12(2)3/h10H,4-9H2,1-3H3. The Hall–Kier alpha value is -0.730. The third-order valence-electron chi connectivity index (χ3n) is 3.08. The highest BCUT2D eigenvalue weighted by Crippen LogP contribution is 2.20. The van der Waals surface area contributed by atoms with Gasteiger partial charge in [0.25, 0.3) is 0 Å². The molecule has 1 fully saturated rings. The lowest BCUT2D eigenvalue weighted by atomic mass is 9.98. The number of urea groups is 1. The summed E-state index contributed by atoms with van der Waals surface area (Å²) in [5.41, 5.74) is 0. The molecule has 82 valence electrons. The van der Waals surface area contributed by atoms with Gasteiger partial charge in [-0.1, -0.05) is 13.3 Å². The molecule has 1 atom stereocenters. The predicted molar refractivity (Wildman–Crippen MR) is 58.3 cm³/mol. The molecule has 0 aromatic carbocycles. The Kier molecular flexibility index (Phi) is 4.23. The van der Waals surface area contributed by atoms with E-state index in [4.69, 9.17) is 0 Å². The van der Waals surface area contributed by atoms with E-state index in [1.165, 1.54) is 19.3 Å². The summed E-state index contributed by atoms with van der Waals surface area (Å²) in [7, 11) is 3.65. The van der Waals surface area contributed by atoms with Gasteiger partial charge in [-0.2, -0.15) is 0 Å². The fourth-order valence-electron chi connectivity index (χ4n) is 2.05. The molecule has 2 amide bonds. The summed E-state index contributed by atoms with van der Waals surface area (Å²) >= 11 is 0. The predicted octanol–water partition coefficient (Wildman–Crippen LogP) is 2.18. The van der Waals surface area contributed by atoms with Gasteiger partial charge in [-0.3, -0.25) is 0 Å². The summed E-state index contributed by atoms with van der Waals surface area (Å²) in [5, 5.41) is 0. The molecule has 0 aromatic heterocycles. The van der Waals surface area contributed by atoms with Gasteiger partial charge in [0, 0.05) is 27.2 Å². The molecule has 1 saturated heterocycles. The lowest BCUT2D eigenvalue weighted by Crippen LogP contribution is -2.39. The van der Waals surface area contributed by atoms with Crippen molar-refractivity contribution in [1.82, 2.24) is 9.80 Å². The second-order valence-corrected chi connectivity index (χ2v) is 4.37. The van der Waals surface area contributed by atoms with Gasteiger partial charge in [0.05, 0.1) is 0 Å². The Labute approximate surface area is 87.1 Å². The first-order chi connectivity index (χ1) is 6.65. The van der Waals surface area contributed by atoms with Crippen LogP contribution in [0.5, 0.6) is 0 Å². The van der Waals surface area contributed by atoms with Crippen molar-refractivity contribution in [3.63, 3.8) is 0 Å². The smallest absolute Gasteiger partial charge is 0.319 e. The highest BCUT2D eigenvalue weighted by molar-refractivity contribution is 5.73. The van der Waals surface area contributed by atoms with Gasteiger partial charge >= 0.3 is 6.03 Å². The van der Waals surface area contributed by atoms with Crippen molar-refractivity contribution >= 4 is 6.03 Å². The molecule has 0 saturated carbocycles. The SMILES string of the molecule is CCC1CCCN(C(=O)N(C)C)CC1. The highest BCUT2D eigenvalue weighted by Gasteiger charge is 2.20. The van der Waals surface area contributed by atoms with Gasteiger partial charge in [0.2, 0.25) is 0 Å². The number of carbonyl (C=O) groups is 1. The number of nitrogens with zero attached hydrogens (tertiary/aromatic N) is 2. The zero-order chi connectivity index (χ0) is 10.6. The minimum Gasteiger partial charge on any atom is -0.331 e. The molecule has 1 heterocycles. The largest absolute Gasteiger partial charge is 0.331 e. The summed E-state index contributed by atoms with van der Waals surface area (Å²) < 4.78 is 0. The Balaban J connectivity index is 2.45. The van der Waals surface area contributed by atoms with E-state index in [1.54, 1.807) is 4.90 Å². The topological polar surface area (TPSA) is 23.6 Å². The molecule has 0 spiro atoms. The number of likely N-dealkylation sites (tertiary alicyclic amines) is 1. The molecule has 0 bridgehead atoms. The van der Waals surface area contributed by atoms with E-state index in [0.29, 0.717) is 0 Å². The maximum Gasteiger partial charge on any atom is 0.319 e. The number of amides is 2. The van der Waals surface area contributed by atoms with Crippen LogP contribution in [0.25, 0.3) is 0 Å². The van der Waals surface area contributed by atoms with Gasteiger partial charge < -0.3 is 9.80 Å². The molecular formula is C11H22N2O. The number of carbonyl (C=O) groups excluding carboxylic acids is 1. The molecule has 0 N–H and O–H groups in total. The summed E-state index contributed by atoms with van der Waals surface area (Å²) in [6.07, 6.45) is 4.88. The summed E-state index contributed by atoms with van der Waals surface area (Å²) in [4.78, 5) is 15.4. The highest BCUT2D eigenvalue weighted by atomic mass is 16.2. The maximum atomic E-state index is 11.7. The molecule has 0 radical (unpaired) electrons. The van der Waals surface area contributed by atoms with E-state index < -0.39 is 0 Å². The molecule has 1 aliphatic heterocycles. The van der Waals surface area contributed by atoms with Gasteiger partial charge in [-0.25, -0.2) is 4.79 Å². The van der Waals surface area contributed by atoms with Gasteiger partial charge in [0.15, 0.2) is 0 Å². The van der Waals surface area contributed by atoms with Crippen molar-refractivity contribution < 1.29 is 4.79 Å². The van der Waals surface area contributed by atoms with Crippen LogP contribution in [-0.2, 0) is 0 Å². The first-order valence-corrected chi connectivity index (χ1v) is 5.61. The van der Waals surface area contributed by atoms with Crippen molar-refractivity contribution in [2.45, 2.75) is 32.6 Å². The molecule has 0 aliphatic carbocycles. The van der Waals surface area contributed by atoms with Crippen molar-refractivity contribution in [2.24, 2.45) is 5.92 Å². The van der Waals surface area contributed by atoms with Crippen LogP contribution < -0.4 is 0 Å². The Morgan fingerprint density at radius 3 is 2.64 bits per heavy atom. The average Bonchev–Trinajstić information content (AvgIpc) is 2.41. The van der Waals surface area contributed by atoms with Crippen LogP contribution in [0.2, 0.25) is 0 Å². The number of hydrogen-bond donors (Lipinski definition) is 0. The minimum atomic E-state index is 0.168. The van der Waals surface area contributed by atoms with Gasteiger partial charge in [0.1, 0.15) is 0 Å². The van der Waals surface area contributed by atoms with E-state index in [9.17, 15) is 4.79 Å². The van der Waals surface area contributed by atoms with Crippen molar-refractivity contribution in [2.75, 3.05) is 27.2 Å². The first-order valence-electron chi connectivity index (χ1n) is 5.61. The molecule has 1 aliphatic rings. The molecule has 0 aromatic rings. The Morgan fingerprint density at radius 2 is 2.07 bits per heavy atom. The third-order valence-corrected chi connectivity index (χ3v) is 3.08. The quantitative estimate of drug-likeness (QED) is 0.633. The van der Waals surface area contributed by atoms with E-state index in [0.717, 1.165) is 25.4 Å². The van der Waals surface area contributed by atoms with Crippen LogP contribution in [-0.4, -0.2) is 43.0 Å². The van der Waals surface area contributed by atoms with E-state index in [2.05, 4.69) is 6.92 Å². The number of hydrogen-bond acceptors (Lipinski definition) is 1. The van der Waals surface area contributed by atoms with E-state index >= 15 is 0 Å². The van der Waals surface area contributed by atoms with Crippen LogP contribution in [0.15, 0.2) is 0 Å². The fraction of sp³-hybridized carbons (Fsp3) is 0.909. The van der Waals surface area contributed by atoms with Crippen LogP contribution >= 0.6 is 0 Å². The Bertz CT molecular complexity index is 192. The third kappa shape index (κ3) is 2.89. The van der Waals surface area contributed by atoms with Gasteiger partial charge in [-0.15, -0.1) is 0 Å². The van der Waals surface area contributed by atoms with Crippen LogP contribution in [0, 0.1) is 5.92 Å². The van der Waals surface area contributed by atoms with Gasteiger partial charge in [-0.05, 0) is 25.2 Å². The summed E-state index contributed by atoms with van der Waals surface area (Å²) in [6, 6.07) is 0.168. The normalized spacial score (nSPS) is 23.1. The fourth-order valence-corrected chi connectivity index (χ4v) is 2.05. The van der Waals surface area contributed by atoms with Crippen molar-refractivity contribution in [3.05, 3.63) is 0 Å². The zero-order valence-electron chi connectivity index (χ0n) is 9.62. The zero-order valence-corrected chi connectivity index (χ0v) is 9.62. The maximum absolute atomic E-state index is 11.7. The van der Waals surface area contributed by atoms with E-state index in [1.807, 2.05) is 19.0 Å². The second kappa shape index (κ2) is 5.23. The van der Waals surface area contributed by atoms with Crippen LogP contribution in [0.4, 0.5) is 4.79 Å². The molecule has 3 heteroatoms. The Morgan fingerprint density at radius 1 is 1.36 bits per heavy atom.